The third kappa shape index (κ3) is 1.42. The molecule has 0 fully saturated rings. The first kappa shape index (κ1) is 7.41. The topological polar surface area (TPSA) is 38.9 Å². The number of nitrogens with two attached hydrogens (primary N) is 1. The molecule has 0 spiro atoms. The lowest BCUT2D eigenvalue weighted by Gasteiger charge is -2.00. The number of hydrogen-bond donors (Lipinski definition) is 1. The smallest absolute Gasteiger partial charge is 0.124 e. The van der Waals surface area contributed by atoms with Gasteiger partial charge in [-0.05, 0) is 24.8 Å². The second kappa shape index (κ2) is 2.92. The lowest BCUT2D eigenvalue weighted by Crippen LogP contribution is -1.92. The normalized spacial score (nSPS) is 9.80. The Balaban J connectivity index is 3.09. The average Bonchev–Trinajstić information content (AvgIpc) is 1.94. The Hall–Kier alpha value is -0.700. The van der Waals surface area contributed by atoms with E-state index in [0.717, 1.165) is 5.03 Å². The van der Waals surface area contributed by atoms with Crippen LogP contribution < -0.4 is 5.73 Å². The van der Waals surface area contributed by atoms with E-state index in [9.17, 15) is 0 Å². The van der Waals surface area contributed by atoms with Gasteiger partial charge in [0, 0.05) is 0 Å². The Morgan fingerprint density at radius 3 is 2.70 bits per heavy atom. The highest BCUT2D eigenvalue weighted by Gasteiger charge is 1.96. The highest BCUT2D eigenvalue weighted by molar-refractivity contribution is 7.98. The molecule has 1 heterocycles. The highest BCUT2D eigenvalue weighted by atomic mass is 32.2. The minimum atomic E-state index is 0.593. The zero-order valence-corrected chi connectivity index (χ0v) is 6.90. The third-order valence-electron chi connectivity index (χ3n) is 1.27. The second-order valence-electron chi connectivity index (χ2n) is 2.06. The molecule has 1 aromatic rings. The molecule has 1 aromatic heterocycles. The van der Waals surface area contributed by atoms with Crippen LogP contribution in [-0.2, 0) is 0 Å². The molecular formula is C7H10N2S. The van der Waals surface area contributed by atoms with Crippen LogP contribution in [0.15, 0.2) is 17.2 Å². The number of nitrogen functional groups attached to an aromatic ring is 1. The van der Waals surface area contributed by atoms with Crippen molar-refractivity contribution in [2.45, 2.75) is 11.9 Å². The molecule has 2 N–H and O–H groups in total. The third-order valence-corrected chi connectivity index (χ3v) is 2.07. The zero-order valence-electron chi connectivity index (χ0n) is 6.09. The monoisotopic (exact) mass is 154 g/mol. The molecule has 0 bridgehead atoms. The van der Waals surface area contributed by atoms with Crippen LogP contribution in [0, 0.1) is 6.92 Å². The molecule has 0 saturated carbocycles. The van der Waals surface area contributed by atoms with E-state index < -0.39 is 0 Å². The summed E-state index contributed by atoms with van der Waals surface area (Å²) in [5.74, 6) is 0.593. The Morgan fingerprint density at radius 1 is 1.50 bits per heavy atom. The summed E-state index contributed by atoms with van der Waals surface area (Å²) in [7, 11) is 0. The number of aryl methyl sites for hydroxylation is 1. The van der Waals surface area contributed by atoms with Crippen LogP contribution in [0.3, 0.4) is 0 Å². The van der Waals surface area contributed by atoms with Crippen LogP contribution in [0.25, 0.3) is 0 Å². The lowest BCUT2D eigenvalue weighted by molar-refractivity contribution is 1.09. The number of nitrogens with zero attached hydrogens (tertiary/aromatic N) is 1. The number of hydrogen-bond acceptors (Lipinski definition) is 3. The van der Waals surface area contributed by atoms with Gasteiger partial charge in [0.25, 0.3) is 0 Å². The molecule has 0 saturated heterocycles. The van der Waals surface area contributed by atoms with Gasteiger partial charge < -0.3 is 5.73 Å². The summed E-state index contributed by atoms with van der Waals surface area (Å²) < 4.78 is 0. The van der Waals surface area contributed by atoms with Crippen LogP contribution >= 0.6 is 11.8 Å². The molecule has 2 nitrogen and oxygen atoms in total. The standard InChI is InChI=1S/C7H10N2S/c1-5-3-4-6(8)9-7(5)10-2/h3-4H,1-2H3,(H2,8,9). The van der Waals surface area contributed by atoms with Crippen molar-refractivity contribution >= 4 is 17.6 Å². The van der Waals surface area contributed by atoms with Gasteiger partial charge in [0.05, 0.1) is 0 Å². The van der Waals surface area contributed by atoms with E-state index in [1.165, 1.54) is 5.56 Å². The SMILES string of the molecule is CSc1nc(N)ccc1C. The maximum absolute atomic E-state index is 5.48. The summed E-state index contributed by atoms with van der Waals surface area (Å²) in [6.07, 6.45) is 1.99. The van der Waals surface area contributed by atoms with E-state index in [1.807, 2.05) is 25.3 Å². The van der Waals surface area contributed by atoms with E-state index in [4.69, 9.17) is 5.73 Å². The van der Waals surface area contributed by atoms with Crippen LogP contribution in [-0.4, -0.2) is 11.2 Å². The van der Waals surface area contributed by atoms with Crippen molar-refractivity contribution in [3.63, 3.8) is 0 Å². The van der Waals surface area contributed by atoms with Crippen molar-refractivity contribution in [3.8, 4) is 0 Å². The quantitative estimate of drug-likeness (QED) is 0.626. The predicted octanol–water partition coefficient (Wildman–Crippen LogP) is 1.69. The summed E-state index contributed by atoms with van der Waals surface area (Å²) in [6.45, 7) is 2.03. The van der Waals surface area contributed by atoms with Crippen molar-refractivity contribution in [1.29, 1.82) is 0 Å². The van der Waals surface area contributed by atoms with Gasteiger partial charge in [0.1, 0.15) is 10.8 Å². The molecule has 0 aliphatic rings. The summed E-state index contributed by atoms with van der Waals surface area (Å²) in [5.41, 5.74) is 6.66. The minimum absolute atomic E-state index is 0.593. The second-order valence-corrected chi connectivity index (χ2v) is 2.86. The lowest BCUT2D eigenvalue weighted by atomic mass is 10.3. The number of rotatable bonds is 1. The minimum Gasteiger partial charge on any atom is -0.384 e. The number of aromatic nitrogens is 1. The van der Waals surface area contributed by atoms with E-state index in [-0.39, 0.29) is 0 Å². The molecule has 0 radical (unpaired) electrons. The number of anilines is 1. The predicted molar refractivity (Wildman–Crippen MR) is 45.2 cm³/mol. The molecule has 0 amide bonds. The van der Waals surface area contributed by atoms with Gasteiger partial charge in [-0.3, -0.25) is 0 Å². The van der Waals surface area contributed by atoms with E-state index in [1.54, 1.807) is 11.8 Å². The van der Waals surface area contributed by atoms with Crippen LogP contribution in [0.5, 0.6) is 0 Å². The molecule has 0 unspecified atom stereocenters. The fourth-order valence-electron chi connectivity index (χ4n) is 0.731. The Labute approximate surface area is 64.8 Å². The molecule has 0 aliphatic heterocycles. The van der Waals surface area contributed by atoms with Gasteiger partial charge in [-0.2, -0.15) is 0 Å². The maximum atomic E-state index is 5.48. The van der Waals surface area contributed by atoms with E-state index in [2.05, 4.69) is 4.98 Å². The molecular weight excluding hydrogens is 144 g/mol. The van der Waals surface area contributed by atoms with Gasteiger partial charge in [0.2, 0.25) is 0 Å². The van der Waals surface area contributed by atoms with Crippen LogP contribution in [0.4, 0.5) is 5.82 Å². The number of thioether (sulfide) groups is 1. The molecule has 0 atom stereocenters. The highest BCUT2D eigenvalue weighted by Crippen LogP contribution is 2.17. The zero-order chi connectivity index (χ0) is 7.56. The maximum Gasteiger partial charge on any atom is 0.124 e. The Morgan fingerprint density at radius 2 is 2.20 bits per heavy atom. The molecule has 0 aliphatic carbocycles. The van der Waals surface area contributed by atoms with Crippen molar-refractivity contribution in [1.82, 2.24) is 4.98 Å². The first-order valence-electron chi connectivity index (χ1n) is 3.01. The van der Waals surface area contributed by atoms with Gasteiger partial charge in [0.15, 0.2) is 0 Å². The fraction of sp³-hybridized carbons (Fsp3) is 0.286. The van der Waals surface area contributed by atoms with Gasteiger partial charge >= 0.3 is 0 Å². The van der Waals surface area contributed by atoms with Gasteiger partial charge in [-0.25, -0.2) is 4.98 Å². The number of pyridine rings is 1. The summed E-state index contributed by atoms with van der Waals surface area (Å²) in [5, 5.41) is 1.01. The largest absolute Gasteiger partial charge is 0.384 e. The summed E-state index contributed by atoms with van der Waals surface area (Å²) >= 11 is 1.62. The first-order chi connectivity index (χ1) is 4.74. The fourth-order valence-corrected chi connectivity index (χ4v) is 1.32. The first-order valence-corrected chi connectivity index (χ1v) is 4.23. The van der Waals surface area contributed by atoms with Crippen LogP contribution in [0.1, 0.15) is 5.56 Å². The summed E-state index contributed by atoms with van der Waals surface area (Å²) in [6, 6.07) is 3.79. The molecule has 54 valence electrons. The molecule has 0 aromatic carbocycles. The van der Waals surface area contributed by atoms with Crippen molar-refractivity contribution in [2.75, 3.05) is 12.0 Å². The van der Waals surface area contributed by atoms with E-state index in [0.29, 0.717) is 5.82 Å². The molecule has 10 heavy (non-hydrogen) atoms. The van der Waals surface area contributed by atoms with Crippen molar-refractivity contribution < 1.29 is 0 Å². The van der Waals surface area contributed by atoms with Gasteiger partial charge in [-0.1, -0.05) is 6.07 Å². The average molecular weight is 154 g/mol. The van der Waals surface area contributed by atoms with Gasteiger partial charge in [-0.15, -0.1) is 11.8 Å². The van der Waals surface area contributed by atoms with Crippen molar-refractivity contribution in [2.24, 2.45) is 0 Å². The van der Waals surface area contributed by atoms with Crippen molar-refractivity contribution in [3.05, 3.63) is 17.7 Å². The van der Waals surface area contributed by atoms with Crippen LogP contribution in [0.2, 0.25) is 0 Å². The summed E-state index contributed by atoms with van der Waals surface area (Å²) in [4.78, 5) is 4.13. The van der Waals surface area contributed by atoms with E-state index >= 15 is 0 Å². The molecule has 1 rings (SSSR count). The molecule has 3 heteroatoms. The Bertz CT molecular complexity index is 235. The Kier molecular flexibility index (Phi) is 2.17.